The van der Waals surface area contributed by atoms with Crippen LogP contribution in [0, 0.1) is 0 Å². The molecule has 0 saturated carbocycles. The van der Waals surface area contributed by atoms with Gasteiger partial charge in [-0.05, 0) is 19.3 Å². The van der Waals surface area contributed by atoms with Crippen LogP contribution in [0.4, 0.5) is 4.79 Å². The molecular formula is C14H25NO2. The Bertz CT molecular complexity index is 228. The molecule has 1 aliphatic rings. The molecule has 3 heteroatoms. The lowest BCUT2D eigenvalue weighted by atomic mass is 10.1. The van der Waals surface area contributed by atoms with Gasteiger partial charge in [0.1, 0.15) is 6.61 Å². The monoisotopic (exact) mass is 239 g/mol. The number of cyclic esters (lactones) is 1. The zero-order chi connectivity index (χ0) is 12.3. The largest absolute Gasteiger partial charge is 0.448 e. The summed E-state index contributed by atoms with van der Waals surface area (Å²) in [6, 6.07) is 0. The van der Waals surface area contributed by atoms with Crippen molar-refractivity contribution < 1.29 is 9.53 Å². The van der Waals surface area contributed by atoms with Crippen molar-refractivity contribution in [1.29, 1.82) is 0 Å². The molecule has 3 nitrogen and oxygen atoms in total. The molecule has 0 aromatic rings. The van der Waals surface area contributed by atoms with Crippen molar-refractivity contribution in [2.45, 2.75) is 51.4 Å². The van der Waals surface area contributed by atoms with Crippen LogP contribution in [0.5, 0.6) is 0 Å². The first-order valence-electron chi connectivity index (χ1n) is 6.87. The third-order valence-corrected chi connectivity index (χ3v) is 3.18. The minimum atomic E-state index is -0.130. The van der Waals surface area contributed by atoms with Gasteiger partial charge in [-0.2, -0.15) is 0 Å². The van der Waals surface area contributed by atoms with Gasteiger partial charge in [0, 0.05) is 6.54 Å². The zero-order valence-corrected chi connectivity index (χ0v) is 10.8. The van der Waals surface area contributed by atoms with Crippen molar-refractivity contribution in [3.8, 4) is 0 Å². The van der Waals surface area contributed by atoms with Gasteiger partial charge in [-0.1, -0.05) is 38.2 Å². The summed E-state index contributed by atoms with van der Waals surface area (Å²) in [5.41, 5.74) is 0. The summed E-state index contributed by atoms with van der Waals surface area (Å²) in [5, 5.41) is 0. The van der Waals surface area contributed by atoms with E-state index < -0.39 is 0 Å². The number of hydrogen-bond donors (Lipinski definition) is 0. The fourth-order valence-electron chi connectivity index (χ4n) is 2.10. The Balaban J connectivity index is 1.81. The molecule has 0 N–H and O–H groups in total. The summed E-state index contributed by atoms with van der Waals surface area (Å²) in [5.74, 6) is 0. The molecule has 0 aliphatic carbocycles. The minimum absolute atomic E-state index is 0.130. The van der Waals surface area contributed by atoms with Crippen LogP contribution in [-0.2, 0) is 4.74 Å². The van der Waals surface area contributed by atoms with Gasteiger partial charge in [-0.3, -0.25) is 0 Å². The van der Waals surface area contributed by atoms with Gasteiger partial charge in [0.15, 0.2) is 0 Å². The van der Waals surface area contributed by atoms with E-state index in [1.807, 2.05) is 11.0 Å². The second kappa shape index (κ2) is 9.08. The number of carbonyl (C=O) groups is 1. The van der Waals surface area contributed by atoms with Gasteiger partial charge in [0.25, 0.3) is 0 Å². The van der Waals surface area contributed by atoms with Gasteiger partial charge in [-0.25, -0.2) is 4.79 Å². The molecule has 0 atom stereocenters. The average Bonchev–Trinajstić information content (AvgIpc) is 2.73. The zero-order valence-electron chi connectivity index (χ0n) is 10.8. The first-order chi connectivity index (χ1) is 8.34. The second-order valence-corrected chi connectivity index (χ2v) is 4.65. The van der Waals surface area contributed by atoms with E-state index in [0.29, 0.717) is 6.61 Å². The normalized spacial score (nSPS) is 15.1. The average molecular weight is 239 g/mol. The summed E-state index contributed by atoms with van der Waals surface area (Å²) < 4.78 is 4.88. The number of nitrogens with zero attached hydrogens (tertiary/aromatic N) is 1. The number of amides is 1. The lowest BCUT2D eigenvalue weighted by Gasteiger charge is -2.11. The molecule has 1 saturated heterocycles. The lowest BCUT2D eigenvalue weighted by molar-refractivity contribution is 0.158. The summed E-state index contributed by atoms with van der Waals surface area (Å²) in [4.78, 5) is 12.9. The highest BCUT2D eigenvalue weighted by Gasteiger charge is 2.20. The van der Waals surface area contributed by atoms with Crippen molar-refractivity contribution in [3.05, 3.63) is 12.7 Å². The topological polar surface area (TPSA) is 29.5 Å². The van der Waals surface area contributed by atoms with E-state index in [9.17, 15) is 4.79 Å². The molecule has 0 radical (unpaired) electrons. The van der Waals surface area contributed by atoms with E-state index in [-0.39, 0.29) is 6.09 Å². The van der Waals surface area contributed by atoms with Crippen LogP contribution in [0.1, 0.15) is 51.4 Å². The van der Waals surface area contributed by atoms with Crippen LogP contribution in [-0.4, -0.2) is 30.7 Å². The van der Waals surface area contributed by atoms with E-state index in [0.717, 1.165) is 25.9 Å². The van der Waals surface area contributed by atoms with E-state index >= 15 is 0 Å². The highest BCUT2D eigenvalue weighted by atomic mass is 16.6. The van der Waals surface area contributed by atoms with Crippen LogP contribution in [0.2, 0.25) is 0 Å². The van der Waals surface area contributed by atoms with Crippen molar-refractivity contribution in [3.63, 3.8) is 0 Å². The quantitative estimate of drug-likeness (QED) is 0.429. The van der Waals surface area contributed by atoms with Crippen LogP contribution >= 0.6 is 0 Å². The SMILES string of the molecule is C=CCCCCCCCCCN1CCOC1=O. The number of ether oxygens (including phenoxy) is 1. The van der Waals surface area contributed by atoms with Crippen molar-refractivity contribution in [2.75, 3.05) is 19.7 Å². The maximum Gasteiger partial charge on any atom is 0.409 e. The van der Waals surface area contributed by atoms with Gasteiger partial charge >= 0.3 is 6.09 Å². The number of carbonyl (C=O) groups excluding carboxylic acids is 1. The first-order valence-corrected chi connectivity index (χ1v) is 6.87. The predicted molar refractivity (Wildman–Crippen MR) is 70.1 cm³/mol. The molecule has 98 valence electrons. The van der Waals surface area contributed by atoms with Crippen LogP contribution < -0.4 is 0 Å². The molecule has 0 aromatic carbocycles. The van der Waals surface area contributed by atoms with Gasteiger partial charge < -0.3 is 9.64 Å². The summed E-state index contributed by atoms with van der Waals surface area (Å²) in [6.45, 7) is 5.94. The van der Waals surface area contributed by atoms with Crippen LogP contribution in [0.3, 0.4) is 0 Å². The second-order valence-electron chi connectivity index (χ2n) is 4.65. The summed E-state index contributed by atoms with van der Waals surface area (Å²) in [6.07, 6.45) is 11.9. The molecule has 1 heterocycles. The third-order valence-electron chi connectivity index (χ3n) is 3.18. The molecule has 17 heavy (non-hydrogen) atoms. The first kappa shape index (κ1) is 14.1. The maximum atomic E-state index is 11.1. The fourth-order valence-corrected chi connectivity index (χ4v) is 2.10. The van der Waals surface area contributed by atoms with E-state index in [1.54, 1.807) is 0 Å². The summed E-state index contributed by atoms with van der Waals surface area (Å²) >= 11 is 0. The Morgan fingerprint density at radius 2 is 1.76 bits per heavy atom. The Hall–Kier alpha value is -0.990. The fraction of sp³-hybridized carbons (Fsp3) is 0.786. The van der Waals surface area contributed by atoms with E-state index in [1.165, 1.54) is 38.5 Å². The Morgan fingerprint density at radius 1 is 1.12 bits per heavy atom. The Morgan fingerprint density at radius 3 is 2.35 bits per heavy atom. The molecule has 0 spiro atoms. The highest BCUT2D eigenvalue weighted by Crippen LogP contribution is 2.10. The highest BCUT2D eigenvalue weighted by molar-refractivity contribution is 5.69. The molecule has 0 unspecified atom stereocenters. The molecule has 1 amide bonds. The molecule has 1 aliphatic heterocycles. The number of allylic oxidation sites excluding steroid dienone is 1. The Kier molecular flexibility index (Phi) is 7.52. The number of hydrogen-bond acceptors (Lipinski definition) is 2. The third kappa shape index (κ3) is 6.35. The minimum Gasteiger partial charge on any atom is -0.448 e. The van der Waals surface area contributed by atoms with Gasteiger partial charge in [0.2, 0.25) is 0 Å². The lowest BCUT2D eigenvalue weighted by Crippen LogP contribution is -2.25. The maximum absolute atomic E-state index is 11.1. The molecule has 1 rings (SSSR count). The molecule has 1 fully saturated rings. The predicted octanol–water partition coefficient (Wildman–Crippen LogP) is 3.75. The van der Waals surface area contributed by atoms with E-state index in [2.05, 4.69) is 6.58 Å². The van der Waals surface area contributed by atoms with Crippen molar-refractivity contribution in [1.82, 2.24) is 4.90 Å². The molecular weight excluding hydrogens is 214 g/mol. The molecule has 0 bridgehead atoms. The van der Waals surface area contributed by atoms with Crippen molar-refractivity contribution in [2.24, 2.45) is 0 Å². The standard InChI is InChI=1S/C14H25NO2/c1-2-3-4-5-6-7-8-9-10-11-15-12-13-17-14(15)16/h2H,1,3-13H2. The van der Waals surface area contributed by atoms with Crippen LogP contribution in [0.15, 0.2) is 12.7 Å². The van der Waals surface area contributed by atoms with Crippen molar-refractivity contribution >= 4 is 6.09 Å². The number of rotatable bonds is 10. The molecule has 0 aromatic heterocycles. The van der Waals surface area contributed by atoms with Gasteiger partial charge in [-0.15, -0.1) is 6.58 Å². The van der Waals surface area contributed by atoms with Gasteiger partial charge in [0.05, 0.1) is 6.54 Å². The summed E-state index contributed by atoms with van der Waals surface area (Å²) in [7, 11) is 0. The smallest absolute Gasteiger partial charge is 0.409 e. The Labute approximate surface area is 105 Å². The van der Waals surface area contributed by atoms with Crippen LogP contribution in [0.25, 0.3) is 0 Å². The number of unbranched alkanes of at least 4 members (excludes halogenated alkanes) is 7. The van der Waals surface area contributed by atoms with E-state index in [4.69, 9.17) is 4.74 Å².